The normalized spacial score (nSPS) is 10.8. The fourth-order valence-electron chi connectivity index (χ4n) is 2.70. The number of benzene rings is 2. The smallest absolute Gasteiger partial charge is 0.226 e. The standard InChI is InChI=1S/C23H31ClN4O3.HI/c1-4-25-23(27-18-7-5-8-19(16-18)31-14-6-13-30-3)26-12-11-22(29)28-21-10-9-17(2)15-20(21)24;/h5,7-10,15-16H,4,6,11-14H2,1-3H3,(H,28,29)(H2,25,26,27);1H. The molecule has 0 saturated heterocycles. The number of nitrogens with zero attached hydrogens (tertiary/aromatic N) is 1. The molecule has 0 spiro atoms. The van der Waals surface area contributed by atoms with Crippen LogP contribution in [-0.2, 0) is 9.53 Å². The van der Waals surface area contributed by atoms with Crippen LogP contribution in [0.15, 0.2) is 47.5 Å². The minimum Gasteiger partial charge on any atom is -0.493 e. The Morgan fingerprint density at radius 1 is 1.12 bits per heavy atom. The predicted molar refractivity (Wildman–Crippen MR) is 143 cm³/mol. The molecule has 2 rings (SSSR count). The van der Waals surface area contributed by atoms with Crippen molar-refractivity contribution in [2.75, 3.05) is 44.0 Å². The van der Waals surface area contributed by atoms with Crippen molar-refractivity contribution >= 4 is 58.8 Å². The molecule has 0 saturated carbocycles. The van der Waals surface area contributed by atoms with Gasteiger partial charge in [-0.1, -0.05) is 23.7 Å². The molecular weight excluding hydrogens is 543 g/mol. The van der Waals surface area contributed by atoms with Crippen LogP contribution in [0, 0.1) is 6.92 Å². The van der Waals surface area contributed by atoms with Crippen molar-refractivity contribution in [2.24, 2.45) is 4.99 Å². The zero-order valence-corrected chi connectivity index (χ0v) is 21.8. The Balaban J connectivity index is 0.00000512. The van der Waals surface area contributed by atoms with E-state index in [4.69, 9.17) is 21.1 Å². The second-order valence-electron chi connectivity index (χ2n) is 6.89. The van der Waals surface area contributed by atoms with Gasteiger partial charge in [0, 0.05) is 44.9 Å². The Morgan fingerprint density at radius 3 is 2.66 bits per heavy atom. The summed E-state index contributed by atoms with van der Waals surface area (Å²) in [5.41, 5.74) is 2.49. The Bertz CT molecular complexity index is 880. The fraction of sp³-hybridized carbons (Fsp3) is 0.391. The van der Waals surface area contributed by atoms with Crippen molar-refractivity contribution in [3.05, 3.63) is 53.1 Å². The van der Waals surface area contributed by atoms with Gasteiger partial charge in [-0.15, -0.1) is 24.0 Å². The first-order valence-corrected chi connectivity index (χ1v) is 10.7. The van der Waals surface area contributed by atoms with Crippen LogP contribution in [-0.4, -0.2) is 45.3 Å². The average molecular weight is 575 g/mol. The van der Waals surface area contributed by atoms with E-state index >= 15 is 0 Å². The van der Waals surface area contributed by atoms with E-state index in [0.717, 1.165) is 23.4 Å². The minimum absolute atomic E-state index is 0. The number of nitrogens with one attached hydrogen (secondary N) is 3. The number of hydrogen-bond donors (Lipinski definition) is 3. The molecule has 3 N–H and O–H groups in total. The molecule has 2 aromatic rings. The summed E-state index contributed by atoms with van der Waals surface area (Å²) >= 11 is 6.17. The number of carbonyl (C=O) groups excluding carboxylic acids is 1. The molecule has 9 heteroatoms. The zero-order chi connectivity index (χ0) is 22.5. The quantitative estimate of drug-likeness (QED) is 0.151. The lowest BCUT2D eigenvalue weighted by Crippen LogP contribution is -2.31. The summed E-state index contributed by atoms with van der Waals surface area (Å²) in [5.74, 6) is 1.23. The molecule has 0 aliphatic heterocycles. The summed E-state index contributed by atoms with van der Waals surface area (Å²) in [5, 5.41) is 9.77. The van der Waals surface area contributed by atoms with Gasteiger partial charge in [0.1, 0.15) is 5.75 Å². The Labute approximate surface area is 212 Å². The molecule has 0 heterocycles. The average Bonchev–Trinajstić information content (AvgIpc) is 2.74. The lowest BCUT2D eigenvalue weighted by molar-refractivity contribution is -0.116. The van der Waals surface area contributed by atoms with Gasteiger partial charge < -0.3 is 25.4 Å². The van der Waals surface area contributed by atoms with Crippen LogP contribution in [0.4, 0.5) is 11.4 Å². The second-order valence-corrected chi connectivity index (χ2v) is 7.30. The van der Waals surface area contributed by atoms with E-state index in [1.807, 2.05) is 50.2 Å². The number of anilines is 2. The van der Waals surface area contributed by atoms with E-state index in [0.29, 0.717) is 43.0 Å². The molecule has 32 heavy (non-hydrogen) atoms. The number of rotatable bonds is 11. The summed E-state index contributed by atoms with van der Waals surface area (Å²) in [7, 11) is 1.67. The zero-order valence-electron chi connectivity index (χ0n) is 18.7. The molecule has 0 unspecified atom stereocenters. The van der Waals surface area contributed by atoms with Gasteiger partial charge >= 0.3 is 0 Å². The maximum absolute atomic E-state index is 12.2. The molecule has 0 bridgehead atoms. The number of methoxy groups -OCH3 is 1. The van der Waals surface area contributed by atoms with E-state index in [1.54, 1.807) is 13.2 Å². The highest BCUT2D eigenvalue weighted by molar-refractivity contribution is 14.0. The van der Waals surface area contributed by atoms with Gasteiger partial charge in [0.25, 0.3) is 0 Å². The molecular formula is C23H32ClIN4O3. The van der Waals surface area contributed by atoms with Crippen molar-refractivity contribution in [1.82, 2.24) is 5.32 Å². The van der Waals surface area contributed by atoms with Crippen LogP contribution in [0.1, 0.15) is 25.3 Å². The van der Waals surface area contributed by atoms with Crippen molar-refractivity contribution in [2.45, 2.75) is 26.7 Å². The number of halogens is 2. The van der Waals surface area contributed by atoms with Gasteiger partial charge in [-0.25, -0.2) is 0 Å². The SMILES string of the molecule is CCNC(=NCCC(=O)Nc1ccc(C)cc1Cl)Nc1cccc(OCCCOC)c1.I. The summed E-state index contributed by atoms with van der Waals surface area (Å²) in [6, 6.07) is 13.2. The van der Waals surface area contributed by atoms with Gasteiger partial charge in [0.2, 0.25) is 5.91 Å². The van der Waals surface area contributed by atoms with Crippen LogP contribution in [0.5, 0.6) is 5.75 Å². The number of aryl methyl sites for hydroxylation is 1. The number of aliphatic imine (C=N–C) groups is 1. The molecule has 2 aromatic carbocycles. The highest BCUT2D eigenvalue weighted by Crippen LogP contribution is 2.22. The monoisotopic (exact) mass is 574 g/mol. The Kier molecular flexibility index (Phi) is 13.7. The molecule has 1 amide bonds. The van der Waals surface area contributed by atoms with E-state index in [2.05, 4.69) is 20.9 Å². The molecule has 7 nitrogen and oxygen atoms in total. The number of ether oxygens (including phenoxy) is 2. The molecule has 0 aliphatic carbocycles. The first-order valence-electron chi connectivity index (χ1n) is 10.3. The number of hydrogen-bond acceptors (Lipinski definition) is 4. The first-order chi connectivity index (χ1) is 15.0. The molecule has 0 atom stereocenters. The lowest BCUT2D eigenvalue weighted by atomic mass is 10.2. The maximum Gasteiger partial charge on any atom is 0.226 e. The van der Waals surface area contributed by atoms with E-state index in [9.17, 15) is 4.79 Å². The maximum atomic E-state index is 12.2. The van der Waals surface area contributed by atoms with Crippen LogP contribution in [0.2, 0.25) is 5.02 Å². The lowest BCUT2D eigenvalue weighted by Gasteiger charge is -2.13. The molecule has 0 radical (unpaired) electrons. The van der Waals surface area contributed by atoms with Crippen LogP contribution < -0.4 is 20.7 Å². The highest BCUT2D eigenvalue weighted by atomic mass is 127. The molecule has 0 aliphatic rings. The first kappa shape index (κ1) is 28.0. The summed E-state index contributed by atoms with van der Waals surface area (Å²) < 4.78 is 10.8. The van der Waals surface area contributed by atoms with Crippen molar-refractivity contribution in [3.63, 3.8) is 0 Å². The highest BCUT2D eigenvalue weighted by Gasteiger charge is 2.07. The third-order valence-corrected chi connectivity index (χ3v) is 4.52. The van der Waals surface area contributed by atoms with Crippen LogP contribution in [0.3, 0.4) is 0 Å². The topological polar surface area (TPSA) is 84.0 Å². The number of carbonyl (C=O) groups is 1. The Morgan fingerprint density at radius 2 is 1.94 bits per heavy atom. The van der Waals surface area contributed by atoms with Gasteiger partial charge in [0.15, 0.2) is 5.96 Å². The van der Waals surface area contributed by atoms with Gasteiger partial charge in [0.05, 0.1) is 23.9 Å². The van der Waals surface area contributed by atoms with Crippen LogP contribution >= 0.6 is 35.6 Å². The van der Waals surface area contributed by atoms with Gasteiger partial charge in [-0.2, -0.15) is 0 Å². The largest absolute Gasteiger partial charge is 0.493 e. The van der Waals surface area contributed by atoms with Gasteiger partial charge in [-0.05, 0) is 43.7 Å². The third kappa shape index (κ3) is 10.5. The van der Waals surface area contributed by atoms with E-state index < -0.39 is 0 Å². The van der Waals surface area contributed by atoms with E-state index in [1.165, 1.54) is 0 Å². The molecule has 176 valence electrons. The summed E-state index contributed by atoms with van der Waals surface area (Å²) in [6.07, 6.45) is 1.07. The van der Waals surface area contributed by atoms with Crippen molar-refractivity contribution in [1.29, 1.82) is 0 Å². The number of guanidine groups is 1. The van der Waals surface area contributed by atoms with Crippen molar-refractivity contribution in [3.8, 4) is 5.75 Å². The third-order valence-electron chi connectivity index (χ3n) is 4.21. The van der Waals surface area contributed by atoms with Crippen LogP contribution in [0.25, 0.3) is 0 Å². The fourth-order valence-corrected chi connectivity index (χ4v) is 2.99. The Hall–Kier alpha value is -2.04. The van der Waals surface area contributed by atoms with E-state index in [-0.39, 0.29) is 36.3 Å². The van der Waals surface area contributed by atoms with Crippen molar-refractivity contribution < 1.29 is 14.3 Å². The summed E-state index contributed by atoms with van der Waals surface area (Å²) in [6.45, 7) is 6.22. The summed E-state index contributed by atoms with van der Waals surface area (Å²) in [4.78, 5) is 16.7. The molecule has 0 aromatic heterocycles. The van der Waals surface area contributed by atoms with Gasteiger partial charge in [-0.3, -0.25) is 9.79 Å². The number of amides is 1. The second kappa shape index (κ2) is 15.7. The minimum atomic E-state index is -0.142. The predicted octanol–water partition coefficient (Wildman–Crippen LogP) is 5.09. The molecule has 0 fully saturated rings.